The van der Waals surface area contributed by atoms with Gasteiger partial charge in [0.2, 0.25) is 10.0 Å². The predicted octanol–water partition coefficient (Wildman–Crippen LogP) is 4.36. The van der Waals surface area contributed by atoms with Crippen LogP contribution >= 0.6 is 0 Å². The van der Waals surface area contributed by atoms with Gasteiger partial charge in [-0.3, -0.25) is 0 Å². The molecular formula is C28H32N2O7S. The molecule has 9 nitrogen and oxygen atoms in total. The molecule has 0 bridgehead atoms. The lowest BCUT2D eigenvalue weighted by molar-refractivity contribution is 0.0185. The van der Waals surface area contributed by atoms with Crippen molar-refractivity contribution >= 4 is 32.9 Å². The molecule has 2 atom stereocenters. The largest absolute Gasteiger partial charge is 0.491 e. The number of amides is 1. The number of methoxy groups -OCH3 is 1. The van der Waals surface area contributed by atoms with Crippen molar-refractivity contribution in [3.8, 4) is 5.75 Å². The highest BCUT2D eigenvalue weighted by atomic mass is 32.2. The molecule has 1 amide bonds. The summed E-state index contributed by atoms with van der Waals surface area (Å²) in [4.78, 5) is 26.3. The van der Waals surface area contributed by atoms with Crippen LogP contribution in [0.25, 0.3) is 10.8 Å². The molecule has 4 rings (SSSR count). The number of hydrogen-bond acceptors (Lipinski definition) is 7. The maximum Gasteiger partial charge on any atom is 0.410 e. The van der Waals surface area contributed by atoms with Crippen LogP contribution < -0.4 is 9.46 Å². The van der Waals surface area contributed by atoms with Crippen molar-refractivity contribution in [2.24, 2.45) is 0 Å². The lowest BCUT2D eigenvalue weighted by Gasteiger charge is -2.28. The Bertz CT molecular complexity index is 1420. The van der Waals surface area contributed by atoms with Gasteiger partial charge in [-0.1, -0.05) is 30.3 Å². The van der Waals surface area contributed by atoms with E-state index >= 15 is 0 Å². The summed E-state index contributed by atoms with van der Waals surface area (Å²) in [6.07, 6.45) is -0.203. The second-order valence-electron chi connectivity index (χ2n) is 10.2. The topological polar surface area (TPSA) is 111 Å². The molecule has 0 aromatic heterocycles. The van der Waals surface area contributed by atoms with Gasteiger partial charge in [-0.15, -0.1) is 0 Å². The van der Waals surface area contributed by atoms with Gasteiger partial charge < -0.3 is 19.1 Å². The Morgan fingerprint density at radius 2 is 1.68 bits per heavy atom. The summed E-state index contributed by atoms with van der Waals surface area (Å²) in [5, 5.41) is 1.77. The Balaban J connectivity index is 1.49. The molecule has 1 N–H and O–H groups in total. The van der Waals surface area contributed by atoms with E-state index in [1.165, 1.54) is 12.0 Å². The monoisotopic (exact) mass is 540 g/mol. The van der Waals surface area contributed by atoms with Gasteiger partial charge in [-0.05, 0) is 74.4 Å². The van der Waals surface area contributed by atoms with Crippen molar-refractivity contribution in [3.63, 3.8) is 0 Å². The molecule has 0 unspecified atom stereocenters. The molecule has 0 aliphatic carbocycles. The Morgan fingerprint density at radius 3 is 2.34 bits per heavy atom. The number of hydrogen-bond donors (Lipinski definition) is 1. The van der Waals surface area contributed by atoms with Gasteiger partial charge in [0.25, 0.3) is 0 Å². The molecule has 1 heterocycles. The summed E-state index contributed by atoms with van der Waals surface area (Å²) >= 11 is 0. The van der Waals surface area contributed by atoms with Crippen LogP contribution in [0, 0.1) is 0 Å². The fraction of sp³-hybridized carbons (Fsp3) is 0.357. The fourth-order valence-corrected chi connectivity index (χ4v) is 5.60. The van der Waals surface area contributed by atoms with Gasteiger partial charge in [0.05, 0.1) is 23.6 Å². The van der Waals surface area contributed by atoms with Gasteiger partial charge in [0, 0.05) is 12.6 Å². The van der Waals surface area contributed by atoms with E-state index in [1.54, 1.807) is 63.2 Å². The SMILES string of the molecule is COC(=O)c1ccc(OC[C@@H]2C[C@H](NS(=O)(=O)c3ccc4ccccc4c3)CN2C(=O)OC(C)(C)C)cc1. The number of nitrogens with one attached hydrogen (secondary N) is 1. The van der Waals surface area contributed by atoms with E-state index in [4.69, 9.17) is 14.2 Å². The summed E-state index contributed by atoms with van der Waals surface area (Å²) < 4.78 is 45.4. The molecule has 3 aromatic carbocycles. The summed E-state index contributed by atoms with van der Waals surface area (Å²) in [5.41, 5.74) is -0.325. The summed E-state index contributed by atoms with van der Waals surface area (Å²) in [6.45, 7) is 5.57. The first kappa shape index (κ1) is 27.4. The van der Waals surface area contributed by atoms with E-state index in [1.807, 2.05) is 24.3 Å². The highest BCUT2D eigenvalue weighted by Crippen LogP contribution is 2.25. The van der Waals surface area contributed by atoms with Crippen molar-refractivity contribution in [1.29, 1.82) is 0 Å². The number of benzene rings is 3. The fourth-order valence-electron chi connectivity index (χ4n) is 4.32. The standard InChI is InChI=1S/C28H32N2O7S/c1-28(2,3)37-27(32)30-17-22(16-23(30)18-36-24-12-9-20(10-13-24)26(31)35-4)29-38(33,34)25-14-11-19-7-5-6-8-21(19)15-25/h5-15,22-23,29H,16-18H2,1-4H3/t22-,23-/m0/s1. The normalized spacial score (nSPS) is 17.8. The maximum atomic E-state index is 13.2. The van der Waals surface area contributed by atoms with Crippen molar-refractivity contribution in [2.75, 3.05) is 20.3 Å². The van der Waals surface area contributed by atoms with Crippen LogP contribution in [-0.2, 0) is 19.5 Å². The van der Waals surface area contributed by atoms with E-state index in [0.717, 1.165) is 10.8 Å². The van der Waals surface area contributed by atoms with Crippen LogP contribution in [-0.4, -0.2) is 63.3 Å². The highest BCUT2D eigenvalue weighted by Gasteiger charge is 2.39. The summed E-state index contributed by atoms with van der Waals surface area (Å²) in [6, 6.07) is 18.0. The van der Waals surface area contributed by atoms with Crippen LogP contribution in [0.15, 0.2) is 71.6 Å². The summed E-state index contributed by atoms with van der Waals surface area (Å²) in [7, 11) is -2.53. The Kier molecular flexibility index (Phi) is 7.94. The molecule has 3 aromatic rings. The number of rotatable bonds is 7. The van der Waals surface area contributed by atoms with Crippen molar-refractivity contribution in [2.45, 2.75) is 49.8 Å². The van der Waals surface area contributed by atoms with Crippen LogP contribution in [0.1, 0.15) is 37.6 Å². The molecule has 0 radical (unpaired) electrons. The van der Waals surface area contributed by atoms with Gasteiger partial charge >= 0.3 is 12.1 Å². The number of sulfonamides is 1. The quantitative estimate of drug-likeness (QED) is 0.443. The van der Waals surface area contributed by atoms with Gasteiger partial charge in [-0.2, -0.15) is 0 Å². The average molecular weight is 541 g/mol. The molecule has 1 aliphatic rings. The molecule has 1 aliphatic heterocycles. The second-order valence-corrected chi connectivity index (χ2v) is 11.9. The number of carbonyl (C=O) groups is 2. The van der Waals surface area contributed by atoms with E-state index in [-0.39, 0.29) is 18.0 Å². The number of ether oxygens (including phenoxy) is 3. The van der Waals surface area contributed by atoms with E-state index in [9.17, 15) is 18.0 Å². The first-order valence-corrected chi connectivity index (χ1v) is 13.8. The second kappa shape index (κ2) is 11.0. The zero-order valence-electron chi connectivity index (χ0n) is 21.8. The first-order chi connectivity index (χ1) is 17.9. The number of nitrogens with zero attached hydrogens (tertiary/aromatic N) is 1. The van der Waals surface area contributed by atoms with E-state index < -0.39 is 39.8 Å². The minimum Gasteiger partial charge on any atom is -0.491 e. The molecule has 38 heavy (non-hydrogen) atoms. The Hall–Kier alpha value is -3.63. The lowest BCUT2D eigenvalue weighted by Crippen LogP contribution is -2.43. The molecule has 202 valence electrons. The van der Waals surface area contributed by atoms with Crippen LogP contribution in [0.5, 0.6) is 5.75 Å². The van der Waals surface area contributed by atoms with Crippen LogP contribution in [0.3, 0.4) is 0 Å². The third kappa shape index (κ3) is 6.62. The third-order valence-corrected chi connectivity index (χ3v) is 7.63. The Morgan fingerprint density at radius 1 is 1.00 bits per heavy atom. The molecular weight excluding hydrogens is 508 g/mol. The lowest BCUT2D eigenvalue weighted by atomic mass is 10.1. The number of esters is 1. The maximum absolute atomic E-state index is 13.2. The van der Waals surface area contributed by atoms with Gasteiger partial charge in [0.1, 0.15) is 18.0 Å². The van der Waals surface area contributed by atoms with Crippen molar-refractivity contribution in [3.05, 3.63) is 72.3 Å². The zero-order chi connectivity index (χ0) is 27.5. The van der Waals surface area contributed by atoms with Crippen molar-refractivity contribution in [1.82, 2.24) is 9.62 Å². The van der Waals surface area contributed by atoms with Crippen LogP contribution in [0.2, 0.25) is 0 Å². The number of carbonyl (C=O) groups excluding carboxylic acids is 2. The van der Waals surface area contributed by atoms with Gasteiger partial charge in [-0.25, -0.2) is 22.7 Å². The van der Waals surface area contributed by atoms with Crippen LogP contribution in [0.4, 0.5) is 4.79 Å². The smallest absolute Gasteiger partial charge is 0.410 e. The molecule has 1 fully saturated rings. The zero-order valence-corrected chi connectivity index (χ0v) is 22.7. The number of likely N-dealkylation sites (tertiary alicyclic amines) is 1. The average Bonchev–Trinajstić information content (AvgIpc) is 3.28. The summed E-state index contributed by atoms with van der Waals surface area (Å²) in [5.74, 6) is 0.0481. The minimum atomic E-state index is -3.84. The highest BCUT2D eigenvalue weighted by molar-refractivity contribution is 7.89. The predicted molar refractivity (Wildman–Crippen MR) is 143 cm³/mol. The molecule has 0 spiro atoms. The number of fused-ring (bicyclic) bond motifs is 1. The van der Waals surface area contributed by atoms with E-state index in [2.05, 4.69) is 4.72 Å². The van der Waals surface area contributed by atoms with Gasteiger partial charge in [0.15, 0.2) is 0 Å². The van der Waals surface area contributed by atoms with E-state index in [0.29, 0.717) is 17.7 Å². The molecule has 0 saturated carbocycles. The molecule has 10 heteroatoms. The minimum absolute atomic E-state index is 0.116. The van der Waals surface area contributed by atoms with Crippen molar-refractivity contribution < 1.29 is 32.2 Å². The Labute approximate surface area is 222 Å². The first-order valence-electron chi connectivity index (χ1n) is 12.3. The molecule has 1 saturated heterocycles. The third-order valence-electron chi connectivity index (χ3n) is 6.11.